The van der Waals surface area contributed by atoms with Crippen LogP contribution in [0.3, 0.4) is 0 Å². The number of carbonyl (C=O) groups excluding carboxylic acids is 1. The van der Waals surface area contributed by atoms with E-state index < -0.39 is 0 Å². The fourth-order valence-corrected chi connectivity index (χ4v) is 3.17. The quantitative estimate of drug-likeness (QED) is 0.659. The molecule has 0 aliphatic heterocycles. The first-order chi connectivity index (χ1) is 10.2. The van der Waals surface area contributed by atoms with Crippen molar-refractivity contribution in [2.75, 3.05) is 5.43 Å². The van der Waals surface area contributed by atoms with Crippen molar-refractivity contribution in [1.82, 2.24) is 4.90 Å². The first kappa shape index (κ1) is 14.1. The summed E-state index contributed by atoms with van der Waals surface area (Å²) in [6.07, 6.45) is 2.22. The van der Waals surface area contributed by atoms with Gasteiger partial charge in [-0.15, -0.1) is 11.3 Å². The Bertz CT molecular complexity index is 635. The normalized spacial score (nSPS) is 14.0. The third kappa shape index (κ3) is 3.09. The van der Waals surface area contributed by atoms with E-state index in [9.17, 15) is 4.79 Å². The second-order valence-corrected chi connectivity index (χ2v) is 6.45. The number of nitrogen functional groups attached to an aromatic ring is 1. The van der Waals surface area contributed by atoms with Gasteiger partial charge < -0.3 is 10.3 Å². The molecule has 0 saturated heterocycles. The number of aryl methyl sites for hydroxylation is 1. The molecule has 0 atom stereocenters. The molecule has 2 aromatic rings. The van der Waals surface area contributed by atoms with Crippen molar-refractivity contribution < 1.29 is 4.79 Å². The van der Waals surface area contributed by atoms with Crippen LogP contribution in [0.15, 0.2) is 35.7 Å². The average Bonchev–Trinajstić information content (AvgIpc) is 3.20. The maximum Gasteiger partial charge on any atom is 0.254 e. The van der Waals surface area contributed by atoms with Crippen molar-refractivity contribution in [3.8, 4) is 0 Å². The molecule has 5 heteroatoms. The predicted octanol–water partition coefficient (Wildman–Crippen LogP) is 3.15. The highest BCUT2D eigenvalue weighted by molar-refractivity contribution is 7.09. The number of hydrazine groups is 1. The highest BCUT2D eigenvalue weighted by Crippen LogP contribution is 2.31. The minimum atomic E-state index is 0.118. The van der Waals surface area contributed by atoms with E-state index in [1.807, 2.05) is 36.1 Å². The van der Waals surface area contributed by atoms with Crippen LogP contribution in [0, 0.1) is 6.92 Å². The highest BCUT2D eigenvalue weighted by atomic mass is 32.1. The number of nitrogens with two attached hydrogens (primary N) is 1. The number of rotatable bonds is 5. The molecule has 1 aromatic heterocycles. The topological polar surface area (TPSA) is 58.4 Å². The van der Waals surface area contributed by atoms with Crippen LogP contribution < -0.4 is 11.3 Å². The number of nitrogens with one attached hydrogen (secondary N) is 1. The molecule has 1 aliphatic carbocycles. The molecule has 1 fully saturated rings. The molecule has 1 saturated carbocycles. The van der Waals surface area contributed by atoms with Crippen molar-refractivity contribution in [2.24, 2.45) is 5.84 Å². The van der Waals surface area contributed by atoms with Crippen LogP contribution in [-0.2, 0) is 6.54 Å². The van der Waals surface area contributed by atoms with Gasteiger partial charge in [-0.05, 0) is 55.0 Å². The molecule has 1 amide bonds. The van der Waals surface area contributed by atoms with E-state index in [-0.39, 0.29) is 5.91 Å². The summed E-state index contributed by atoms with van der Waals surface area (Å²) in [5.74, 6) is 5.53. The van der Waals surface area contributed by atoms with Crippen LogP contribution in [0.1, 0.15) is 33.6 Å². The Morgan fingerprint density at radius 2 is 2.24 bits per heavy atom. The van der Waals surface area contributed by atoms with Gasteiger partial charge >= 0.3 is 0 Å². The number of anilines is 1. The van der Waals surface area contributed by atoms with Crippen LogP contribution in [0.2, 0.25) is 0 Å². The van der Waals surface area contributed by atoms with E-state index in [1.54, 1.807) is 11.3 Å². The highest BCUT2D eigenvalue weighted by Gasteiger charge is 2.33. The molecule has 110 valence electrons. The third-order valence-corrected chi connectivity index (χ3v) is 4.64. The van der Waals surface area contributed by atoms with Gasteiger partial charge in [-0.3, -0.25) is 10.6 Å². The van der Waals surface area contributed by atoms with Crippen molar-refractivity contribution in [3.63, 3.8) is 0 Å². The molecule has 0 spiro atoms. The summed E-state index contributed by atoms with van der Waals surface area (Å²) in [4.78, 5) is 16.1. The van der Waals surface area contributed by atoms with E-state index in [1.165, 1.54) is 4.88 Å². The summed E-state index contributed by atoms with van der Waals surface area (Å²) in [5.41, 5.74) is 5.14. The zero-order valence-corrected chi connectivity index (χ0v) is 12.8. The van der Waals surface area contributed by atoms with E-state index in [0.717, 1.165) is 29.7 Å². The van der Waals surface area contributed by atoms with Crippen molar-refractivity contribution >= 4 is 22.9 Å². The van der Waals surface area contributed by atoms with E-state index >= 15 is 0 Å². The van der Waals surface area contributed by atoms with Gasteiger partial charge in [-0.2, -0.15) is 0 Å². The molecular weight excluding hydrogens is 282 g/mol. The maximum absolute atomic E-state index is 12.9. The van der Waals surface area contributed by atoms with Crippen LogP contribution in [0.5, 0.6) is 0 Å². The number of benzene rings is 1. The van der Waals surface area contributed by atoms with Gasteiger partial charge in [0.25, 0.3) is 5.91 Å². The fraction of sp³-hybridized carbons (Fsp3) is 0.312. The summed E-state index contributed by atoms with van der Waals surface area (Å²) in [6, 6.07) is 10.1. The smallest absolute Gasteiger partial charge is 0.254 e. The number of thiophene rings is 1. The first-order valence-electron chi connectivity index (χ1n) is 7.09. The number of hydrogen-bond acceptors (Lipinski definition) is 4. The van der Waals surface area contributed by atoms with E-state index in [0.29, 0.717) is 12.6 Å². The van der Waals surface area contributed by atoms with E-state index in [4.69, 9.17) is 5.84 Å². The number of amides is 1. The van der Waals surface area contributed by atoms with Crippen LogP contribution in [0.4, 0.5) is 5.69 Å². The molecule has 3 rings (SSSR count). The monoisotopic (exact) mass is 301 g/mol. The molecular formula is C16H19N3OS. The zero-order chi connectivity index (χ0) is 14.8. The fourth-order valence-electron chi connectivity index (χ4n) is 2.47. The van der Waals surface area contributed by atoms with Crippen molar-refractivity contribution in [1.29, 1.82) is 0 Å². The lowest BCUT2D eigenvalue weighted by Crippen LogP contribution is -2.32. The summed E-state index contributed by atoms with van der Waals surface area (Å²) >= 11 is 1.70. The molecule has 4 nitrogen and oxygen atoms in total. The summed E-state index contributed by atoms with van der Waals surface area (Å²) < 4.78 is 0. The standard InChI is InChI=1S/C16H19N3OS/c1-11-9-12(18-17)4-7-15(11)16(20)19(13-5-6-13)10-14-3-2-8-21-14/h2-4,7-9,13,18H,5-6,10,17H2,1H3. The summed E-state index contributed by atoms with van der Waals surface area (Å²) in [6.45, 7) is 2.65. The molecule has 1 aliphatic rings. The lowest BCUT2D eigenvalue weighted by molar-refractivity contribution is 0.0731. The Kier molecular flexibility index (Phi) is 3.94. The SMILES string of the molecule is Cc1cc(NN)ccc1C(=O)N(Cc1cccs1)C1CC1. The predicted molar refractivity (Wildman–Crippen MR) is 86.2 cm³/mol. The molecule has 1 aromatic carbocycles. The van der Waals surface area contributed by atoms with Crippen molar-refractivity contribution in [3.05, 3.63) is 51.7 Å². The van der Waals surface area contributed by atoms with Gasteiger partial charge in [0.15, 0.2) is 0 Å². The molecule has 0 bridgehead atoms. The Hall–Kier alpha value is -1.85. The van der Waals surface area contributed by atoms with Gasteiger partial charge in [0, 0.05) is 22.2 Å². The second kappa shape index (κ2) is 5.87. The third-order valence-electron chi connectivity index (χ3n) is 3.78. The zero-order valence-electron chi connectivity index (χ0n) is 12.0. The molecule has 0 unspecified atom stereocenters. The minimum Gasteiger partial charge on any atom is -0.331 e. The number of hydrogen-bond donors (Lipinski definition) is 2. The first-order valence-corrected chi connectivity index (χ1v) is 7.97. The van der Waals surface area contributed by atoms with Crippen molar-refractivity contribution in [2.45, 2.75) is 32.4 Å². The van der Waals surface area contributed by atoms with Gasteiger partial charge in [-0.1, -0.05) is 6.07 Å². The minimum absolute atomic E-state index is 0.118. The lowest BCUT2D eigenvalue weighted by Gasteiger charge is -2.23. The van der Waals surface area contributed by atoms with Crippen LogP contribution in [-0.4, -0.2) is 16.8 Å². The second-order valence-electron chi connectivity index (χ2n) is 5.42. The Labute approximate surface area is 128 Å². The Morgan fingerprint density at radius 3 is 2.81 bits per heavy atom. The summed E-state index contributed by atoms with van der Waals surface area (Å²) in [7, 11) is 0. The molecule has 1 heterocycles. The molecule has 21 heavy (non-hydrogen) atoms. The van der Waals surface area contributed by atoms with E-state index in [2.05, 4.69) is 16.9 Å². The Morgan fingerprint density at radius 1 is 1.43 bits per heavy atom. The average molecular weight is 301 g/mol. The Balaban J connectivity index is 1.84. The molecule has 0 radical (unpaired) electrons. The van der Waals surface area contributed by atoms with Crippen LogP contribution in [0.25, 0.3) is 0 Å². The van der Waals surface area contributed by atoms with Crippen LogP contribution >= 0.6 is 11.3 Å². The number of nitrogens with zero attached hydrogens (tertiary/aromatic N) is 1. The lowest BCUT2D eigenvalue weighted by atomic mass is 10.1. The van der Waals surface area contributed by atoms with Gasteiger partial charge in [-0.25, -0.2) is 0 Å². The maximum atomic E-state index is 12.9. The van der Waals surface area contributed by atoms with Gasteiger partial charge in [0.2, 0.25) is 0 Å². The largest absolute Gasteiger partial charge is 0.331 e. The van der Waals surface area contributed by atoms with Gasteiger partial charge in [0.1, 0.15) is 0 Å². The van der Waals surface area contributed by atoms with Gasteiger partial charge in [0.05, 0.1) is 6.54 Å². The number of carbonyl (C=O) groups is 1. The molecule has 3 N–H and O–H groups in total. The summed E-state index contributed by atoms with van der Waals surface area (Å²) in [5, 5.41) is 2.05.